The van der Waals surface area contributed by atoms with Crippen LogP contribution < -0.4 is 0 Å². The van der Waals surface area contributed by atoms with Gasteiger partial charge in [0.05, 0.1) is 6.04 Å². The Hall–Kier alpha value is -2.46. The maximum Gasteiger partial charge on any atom is 0.0623 e. The van der Waals surface area contributed by atoms with Crippen LogP contribution in [-0.2, 0) is 12.8 Å². The van der Waals surface area contributed by atoms with Gasteiger partial charge in [0, 0.05) is 49.6 Å². The third-order valence-corrected chi connectivity index (χ3v) is 6.77. The lowest BCUT2D eigenvalue weighted by Crippen LogP contribution is -2.47. The highest BCUT2D eigenvalue weighted by atomic mass is 35.5. The third kappa shape index (κ3) is 4.59. The summed E-state index contributed by atoms with van der Waals surface area (Å²) in [7, 11) is 0. The first-order valence-electron chi connectivity index (χ1n) is 11.2. The van der Waals surface area contributed by atoms with E-state index in [-0.39, 0.29) is 0 Å². The molecule has 3 nitrogen and oxygen atoms in total. The first-order chi connectivity index (χ1) is 15.3. The maximum absolute atomic E-state index is 5.98. The second-order valence-corrected chi connectivity index (χ2v) is 8.87. The Morgan fingerprint density at radius 2 is 1.65 bits per heavy atom. The second kappa shape index (κ2) is 9.35. The quantitative estimate of drug-likeness (QED) is 0.564. The summed E-state index contributed by atoms with van der Waals surface area (Å²) in [5.41, 5.74) is 6.78. The van der Waals surface area contributed by atoms with Crippen LogP contribution in [-0.4, -0.2) is 47.5 Å². The summed E-state index contributed by atoms with van der Waals surface area (Å²) in [4.78, 5) is 9.94. The first kappa shape index (κ1) is 20.4. The number of benzene rings is 2. The van der Waals surface area contributed by atoms with Crippen molar-refractivity contribution >= 4 is 17.7 Å². The molecular formula is C27H28ClN3. The highest BCUT2D eigenvalue weighted by Gasteiger charge is 2.31. The number of aromatic nitrogens is 1. The van der Waals surface area contributed by atoms with Crippen LogP contribution >= 0.6 is 11.6 Å². The topological polar surface area (TPSA) is 19.4 Å². The molecular weight excluding hydrogens is 402 g/mol. The van der Waals surface area contributed by atoms with E-state index in [1.807, 2.05) is 18.3 Å². The summed E-state index contributed by atoms with van der Waals surface area (Å²) in [6.07, 6.45) is 8.49. The van der Waals surface area contributed by atoms with Gasteiger partial charge in [-0.05, 0) is 53.3 Å². The minimum Gasteiger partial charge on any atom is -0.297 e. The molecule has 0 saturated carbocycles. The van der Waals surface area contributed by atoms with Gasteiger partial charge in [0.25, 0.3) is 0 Å². The monoisotopic (exact) mass is 429 g/mol. The van der Waals surface area contributed by atoms with E-state index in [2.05, 4.69) is 70.5 Å². The van der Waals surface area contributed by atoms with Gasteiger partial charge in [-0.25, -0.2) is 0 Å². The van der Waals surface area contributed by atoms with Crippen molar-refractivity contribution in [3.05, 3.63) is 106 Å². The van der Waals surface area contributed by atoms with Crippen LogP contribution in [0.2, 0.25) is 5.02 Å². The molecule has 1 fully saturated rings. The molecule has 1 saturated heterocycles. The van der Waals surface area contributed by atoms with Crippen LogP contribution in [0.25, 0.3) is 6.08 Å². The fourth-order valence-corrected chi connectivity index (χ4v) is 4.99. The molecule has 3 aromatic rings. The maximum atomic E-state index is 5.98. The molecule has 2 aromatic carbocycles. The predicted octanol–water partition coefficient (Wildman–Crippen LogP) is 5.25. The summed E-state index contributed by atoms with van der Waals surface area (Å²) in [6, 6.07) is 21.7. The van der Waals surface area contributed by atoms with Gasteiger partial charge in [-0.15, -0.1) is 0 Å². The number of hydrogen-bond acceptors (Lipinski definition) is 3. The number of piperazine rings is 1. The van der Waals surface area contributed by atoms with E-state index >= 15 is 0 Å². The average Bonchev–Trinajstić information content (AvgIpc) is 2.98. The molecule has 1 atom stereocenters. The van der Waals surface area contributed by atoms with Crippen molar-refractivity contribution in [3.8, 4) is 0 Å². The molecule has 1 aliphatic carbocycles. The first-order valence-corrected chi connectivity index (χ1v) is 11.6. The average molecular weight is 430 g/mol. The number of aryl methyl sites for hydroxylation is 2. The minimum absolute atomic E-state index is 0.314. The van der Waals surface area contributed by atoms with Gasteiger partial charge < -0.3 is 0 Å². The smallest absolute Gasteiger partial charge is 0.0623 e. The number of pyridine rings is 1. The van der Waals surface area contributed by atoms with Crippen LogP contribution in [0.3, 0.4) is 0 Å². The molecule has 0 radical (unpaired) electrons. The summed E-state index contributed by atoms with van der Waals surface area (Å²) < 4.78 is 0. The largest absolute Gasteiger partial charge is 0.297 e. The van der Waals surface area contributed by atoms with Gasteiger partial charge >= 0.3 is 0 Å². The molecule has 0 spiro atoms. The standard InChI is InChI=1S/C27H28ClN3/c28-23-12-9-21(10-13-23)5-4-16-30-17-19-31(20-18-30)27-24-7-2-1-6-22(24)11-14-26-25(27)8-3-15-29-26/h1-10,12-13,15,27H,11,14,16-20H2. The molecule has 2 aliphatic rings. The normalized spacial score (nSPS) is 19.7. The zero-order valence-electron chi connectivity index (χ0n) is 17.8. The number of fused-ring (bicyclic) bond motifs is 2. The van der Waals surface area contributed by atoms with Crippen molar-refractivity contribution in [2.45, 2.75) is 18.9 Å². The fraction of sp³-hybridized carbons (Fsp3) is 0.296. The minimum atomic E-state index is 0.314. The van der Waals surface area contributed by atoms with Crippen LogP contribution in [0.1, 0.15) is 34.0 Å². The number of halogens is 1. The van der Waals surface area contributed by atoms with E-state index in [0.717, 1.165) is 50.6 Å². The molecule has 1 unspecified atom stereocenters. The zero-order valence-corrected chi connectivity index (χ0v) is 18.5. The SMILES string of the molecule is Clc1ccc(C=CCN2CCN(C3c4ccccc4CCc4ncccc43)CC2)cc1. The van der Waals surface area contributed by atoms with Crippen molar-refractivity contribution in [2.24, 2.45) is 0 Å². The van der Waals surface area contributed by atoms with Gasteiger partial charge in [-0.1, -0.05) is 66.2 Å². The third-order valence-electron chi connectivity index (χ3n) is 6.52. The molecule has 4 heteroatoms. The highest BCUT2D eigenvalue weighted by molar-refractivity contribution is 6.30. The molecule has 2 heterocycles. The summed E-state index contributed by atoms with van der Waals surface area (Å²) in [5.74, 6) is 0. The van der Waals surface area contributed by atoms with Crippen molar-refractivity contribution < 1.29 is 0 Å². The Morgan fingerprint density at radius 3 is 2.48 bits per heavy atom. The number of rotatable bonds is 4. The zero-order chi connectivity index (χ0) is 21.0. The molecule has 5 rings (SSSR count). The van der Waals surface area contributed by atoms with E-state index in [9.17, 15) is 0 Å². The van der Waals surface area contributed by atoms with Crippen LogP contribution in [0.4, 0.5) is 0 Å². The van der Waals surface area contributed by atoms with Crippen molar-refractivity contribution in [1.29, 1.82) is 0 Å². The Kier molecular flexibility index (Phi) is 6.17. The van der Waals surface area contributed by atoms with E-state index in [4.69, 9.17) is 16.6 Å². The molecule has 1 aliphatic heterocycles. The summed E-state index contributed by atoms with van der Waals surface area (Å²) in [5, 5.41) is 0.783. The van der Waals surface area contributed by atoms with Crippen molar-refractivity contribution in [1.82, 2.24) is 14.8 Å². The van der Waals surface area contributed by atoms with E-state index in [1.165, 1.54) is 27.9 Å². The highest BCUT2D eigenvalue weighted by Crippen LogP contribution is 2.36. The van der Waals surface area contributed by atoms with Gasteiger partial charge in [0.15, 0.2) is 0 Å². The van der Waals surface area contributed by atoms with E-state index in [1.54, 1.807) is 0 Å². The molecule has 1 aromatic heterocycles. The second-order valence-electron chi connectivity index (χ2n) is 8.43. The van der Waals surface area contributed by atoms with Gasteiger partial charge in [-0.3, -0.25) is 14.8 Å². The molecule has 0 N–H and O–H groups in total. The Labute approximate surface area is 190 Å². The Balaban J connectivity index is 1.29. The van der Waals surface area contributed by atoms with Crippen LogP contribution in [0, 0.1) is 0 Å². The Morgan fingerprint density at radius 1 is 0.871 bits per heavy atom. The molecule has 0 bridgehead atoms. The fourth-order valence-electron chi connectivity index (χ4n) is 4.87. The molecule has 158 valence electrons. The van der Waals surface area contributed by atoms with Crippen LogP contribution in [0.5, 0.6) is 0 Å². The lowest BCUT2D eigenvalue weighted by molar-refractivity contribution is 0.117. The number of nitrogens with zero attached hydrogens (tertiary/aromatic N) is 3. The van der Waals surface area contributed by atoms with Crippen LogP contribution in [0.15, 0.2) is 72.9 Å². The number of hydrogen-bond donors (Lipinski definition) is 0. The van der Waals surface area contributed by atoms with E-state index in [0.29, 0.717) is 6.04 Å². The summed E-state index contributed by atoms with van der Waals surface area (Å²) in [6.45, 7) is 5.29. The van der Waals surface area contributed by atoms with Gasteiger partial charge in [0.1, 0.15) is 0 Å². The lowest BCUT2D eigenvalue weighted by atomic mass is 9.94. The van der Waals surface area contributed by atoms with E-state index < -0.39 is 0 Å². The van der Waals surface area contributed by atoms with Crippen molar-refractivity contribution in [2.75, 3.05) is 32.7 Å². The summed E-state index contributed by atoms with van der Waals surface area (Å²) >= 11 is 5.98. The molecule has 0 amide bonds. The Bertz CT molecular complexity index is 1000. The predicted molar refractivity (Wildman–Crippen MR) is 128 cm³/mol. The van der Waals surface area contributed by atoms with Gasteiger partial charge in [0.2, 0.25) is 0 Å². The van der Waals surface area contributed by atoms with Crippen molar-refractivity contribution in [3.63, 3.8) is 0 Å². The van der Waals surface area contributed by atoms with Gasteiger partial charge in [-0.2, -0.15) is 0 Å². The lowest BCUT2D eigenvalue weighted by Gasteiger charge is -2.39. The molecule has 31 heavy (non-hydrogen) atoms.